The van der Waals surface area contributed by atoms with Crippen LogP contribution in [0.3, 0.4) is 0 Å². The summed E-state index contributed by atoms with van der Waals surface area (Å²) in [5.41, 5.74) is 3.53. The lowest BCUT2D eigenvalue weighted by Gasteiger charge is -2.08. The Hall–Kier alpha value is -2.75. The summed E-state index contributed by atoms with van der Waals surface area (Å²) in [4.78, 5) is 15.2. The number of rotatable bonds is 7. The molecule has 2 aromatic carbocycles. The minimum absolute atomic E-state index is 0.0427. The summed E-state index contributed by atoms with van der Waals surface area (Å²) in [6.07, 6.45) is 3.75. The van der Waals surface area contributed by atoms with Crippen LogP contribution in [-0.4, -0.2) is 24.0 Å². The maximum atomic E-state index is 11.9. The van der Waals surface area contributed by atoms with Crippen LogP contribution < -0.4 is 10.1 Å². The fourth-order valence-electron chi connectivity index (χ4n) is 2.73. The Kier molecular flexibility index (Phi) is 5.16. The number of fused-ring (bicyclic) bond motifs is 1. The molecule has 1 amide bonds. The molecule has 0 aliphatic heterocycles. The van der Waals surface area contributed by atoms with Gasteiger partial charge in [-0.3, -0.25) is 4.79 Å². The molecule has 24 heavy (non-hydrogen) atoms. The second-order valence-corrected chi connectivity index (χ2v) is 5.75. The van der Waals surface area contributed by atoms with Crippen molar-refractivity contribution in [3.63, 3.8) is 0 Å². The Morgan fingerprint density at radius 1 is 1.17 bits per heavy atom. The molecule has 4 nitrogen and oxygen atoms in total. The molecule has 0 radical (unpaired) electrons. The minimum atomic E-state index is -0.100. The number of para-hydroxylation sites is 1. The number of hydrogen-bond donors (Lipinski definition) is 2. The number of ether oxygens (including phenoxy) is 1. The van der Waals surface area contributed by atoms with E-state index in [4.69, 9.17) is 4.74 Å². The molecule has 2 N–H and O–H groups in total. The van der Waals surface area contributed by atoms with Gasteiger partial charge in [0.1, 0.15) is 5.75 Å². The zero-order valence-electron chi connectivity index (χ0n) is 13.8. The molecule has 0 aliphatic carbocycles. The van der Waals surface area contributed by atoms with E-state index in [1.165, 1.54) is 16.5 Å². The van der Waals surface area contributed by atoms with Crippen molar-refractivity contribution >= 4 is 16.8 Å². The summed E-state index contributed by atoms with van der Waals surface area (Å²) in [5, 5.41) is 4.11. The van der Waals surface area contributed by atoms with Gasteiger partial charge in [0.2, 0.25) is 0 Å². The molecule has 0 spiro atoms. The number of nitrogens with one attached hydrogen (secondary N) is 2. The number of benzene rings is 2. The number of H-pyrrole nitrogens is 1. The molecule has 0 fully saturated rings. The summed E-state index contributed by atoms with van der Waals surface area (Å²) in [7, 11) is 0. The fraction of sp³-hybridized carbons (Fsp3) is 0.250. The van der Waals surface area contributed by atoms with Crippen molar-refractivity contribution in [1.29, 1.82) is 0 Å². The molecule has 4 heteroatoms. The van der Waals surface area contributed by atoms with Gasteiger partial charge >= 0.3 is 0 Å². The molecule has 1 aromatic heterocycles. The minimum Gasteiger partial charge on any atom is -0.484 e. The smallest absolute Gasteiger partial charge is 0.257 e. The number of hydrogen-bond acceptors (Lipinski definition) is 2. The standard InChI is InChI=1S/C20H22N2O2/c1-2-15-6-5-7-17(12-15)24-14-20(23)21-11-10-16-13-22-19-9-4-3-8-18(16)19/h3-9,12-13,22H,2,10-11,14H2,1H3,(H,21,23). The molecule has 0 aliphatic rings. The van der Waals surface area contributed by atoms with Crippen molar-refractivity contribution in [2.24, 2.45) is 0 Å². The van der Waals surface area contributed by atoms with Gasteiger partial charge in [-0.25, -0.2) is 0 Å². The monoisotopic (exact) mass is 322 g/mol. The lowest BCUT2D eigenvalue weighted by Crippen LogP contribution is -2.30. The van der Waals surface area contributed by atoms with Crippen LogP contribution in [0.25, 0.3) is 10.9 Å². The highest BCUT2D eigenvalue weighted by Gasteiger charge is 2.05. The predicted octanol–water partition coefficient (Wildman–Crippen LogP) is 3.47. The molecule has 0 bridgehead atoms. The number of aromatic nitrogens is 1. The molecule has 0 unspecified atom stereocenters. The van der Waals surface area contributed by atoms with Gasteiger partial charge in [0, 0.05) is 23.6 Å². The van der Waals surface area contributed by atoms with Gasteiger partial charge < -0.3 is 15.0 Å². The second kappa shape index (κ2) is 7.68. The average molecular weight is 322 g/mol. The maximum Gasteiger partial charge on any atom is 0.257 e. The van der Waals surface area contributed by atoms with E-state index in [9.17, 15) is 4.79 Å². The average Bonchev–Trinajstić information content (AvgIpc) is 3.03. The SMILES string of the molecule is CCc1cccc(OCC(=O)NCCc2c[nH]c3ccccc23)c1. The third kappa shape index (κ3) is 3.96. The first-order valence-electron chi connectivity index (χ1n) is 8.29. The van der Waals surface area contributed by atoms with E-state index in [1.54, 1.807) is 0 Å². The summed E-state index contributed by atoms with van der Waals surface area (Å²) in [5.74, 6) is 0.637. The van der Waals surface area contributed by atoms with Crippen LogP contribution in [0.15, 0.2) is 54.7 Å². The zero-order chi connectivity index (χ0) is 16.8. The van der Waals surface area contributed by atoms with E-state index in [2.05, 4.69) is 29.4 Å². The molecule has 3 rings (SSSR count). The summed E-state index contributed by atoms with van der Waals surface area (Å²) in [6, 6.07) is 16.0. The van der Waals surface area contributed by atoms with E-state index < -0.39 is 0 Å². The van der Waals surface area contributed by atoms with Crippen LogP contribution in [0.2, 0.25) is 0 Å². The van der Waals surface area contributed by atoms with E-state index in [1.807, 2.05) is 42.6 Å². The van der Waals surface area contributed by atoms with Crippen molar-refractivity contribution in [3.05, 3.63) is 65.9 Å². The zero-order valence-corrected chi connectivity index (χ0v) is 13.8. The van der Waals surface area contributed by atoms with Crippen molar-refractivity contribution in [3.8, 4) is 5.75 Å². The van der Waals surface area contributed by atoms with Gasteiger partial charge in [-0.2, -0.15) is 0 Å². The van der Waals surface area contributed by atoms with Crippen molar-refractivity contribution in [2.45, 2.75) is 19.8 Å². The van der Waals surface area contributed by atoms with Gasteiger partial charge in [-0.15, -0.1) is 0 Å². The molecule has 124 valence electrons. The third-order valence-corrected chi connectivity index (χ3v) is 4.07. The lowest BCUT2D eigenvalue weighted by atomic mass is 10.1. The number of carbonyl (C=O) groups excluding carboxylic acids is 1. The number of aromatic amines is 1. The summed E-state index contributed by atoms with van der Waals surface area (Å²) >= 11 is 0. The Labute approximate surface area is 141 Å². The molecule has 3 aromatic rings. The highest BCUT2D eigenvalue weighted by molar-refractivity contribution is 5.83. The summed E-state index contributed by atoms with van der Waals surface area (Å²) < 4.78 is 5.55. The van der Waals surface area contributed by atoms with E-state index in [-0.39, 0.29) is 12.5 Å². The van der Waals surface area contributed by atoms with Crippen LogP contribution >= 0.6 is 0 Å². The van der Waals surface area contributed by atoms with Gasteiger partial charge in [0.15, 0.2) is 6.61 Å². The Morgan fingerprint density at radius 3 is 2.92 bits per heavy atom. The highest BCUT2D eigenvalue weighted by Crippen LogP contribution is 2.17. The van der Waals surface area contributed by atoms with Gasteiger partial charge in [-0.1, -0.05) is 37.3 Å². The Balaban J connectivity index is 1.45. The fourth-order valence-corrected chi connectivity index (χ4v) is 2.73. The Bertz CT molecular complexity index is 823. The lowest BCUT2D eigenvalue weighted by molar-refractivity contribution is -0.123. The normalized spacial score (nSPS) is 10.7. The largest absolute Gasteiger partial charge is 0.484 e. The molecule has 0 saturated heterocycles. The van der Waals surface area contributed by atoms with Gasteiger partial charge in [0.05, 0.1) is 0 Å². The molecule has 0 atom stereocenters. The van der Waals surface area contributed by atoms with E-state index in [0.29, 0.717) is 6.54 Å². The number of amides is 1. The van der Waals surface area contributed by atoms with E-state index in [0.717, 1.165) is 24.1 Å². The molecular weight excluding hydrogens is 300 g/mol. The first-order valence-corrected chi connectivity index (χ1v) is 8.29. The van der Waals surface area contributed by atoms with E-state index >= 15 is 0 Å². The number of aryl methyl sites for hydroxylation is 1. The molecule has 1 heterocycles. The highest BCUT2D eigenvalue weighted by atomic mass is 16.5. The predicted molar refractivity (Wildman–Crippen MR) is 96.3 cm³/mol. The Morgan fingerprint density at radius 2 is 2.04 bits per heavy atom. The quantitative estimate of drug-likeness (QED) is 0.700. The van der Waals surface area contributed by atoms with Gasteiger partial charge in [-0.05, 0) is 42.2 Å². The van der Waals surface area contributed by atoms with Crippen molar-refractivity contribution in [2.75, 3.05) is 13.2 Å². The number of carbonyl (C=O) groups is 1. The summed E-state index contributed by atoms with van der Waals surface area (Å²) in [6.45, 7) is 2.73. The molecular formula is C20H22N2O2. The first-order chi connectivity index (χ1) is 11.8. The first kappa shape index (κ1) is 16.1. The van der Waals surface area contributed by atoms with Crippen LogP contribution in [0, 0.1) is 0 Å². The van der Waals surface area contributed by atoms with Crippen molar-refractivity contribution < 1.29 is 9.53 Å². The van der Waals surface area contributed by atoms with Crippen LogP contribution in [0.5, 0.6) is 5.75 Å². The second-order valence-electron chi connectivity index (χ2n) is 5.75. The molecule has 0 saturated carbocycles. The van der Waals surface area contributed by atoms with Gasteiger partial charge in [0.25, 0.3) is 5.91 Å². The van der Waals surface area contributed by atoms with Crippen LogP contribution in [0.4, 0.5) is 0 Å². The van der Waals surface area contributed by atoms with Crippen LogP contribution in [0.1, 0.15) is 18.1 Å². The third-order valence-electron chi connectivity index (χ3n) is 4.07. The van der Waals surface area contributed by atoms with Crippen LogP contribution in [-0.2, 0) is 17.6 Å². The maximum absolute atomic E-state index is 11.9. The van der Waals surface area contributed by atoms with Crippen molar-refractivity contribution in [1.82, 2.24) is 10.3 Å². The topological polar surface area (TPSA) is 54.1 Å².